The second-order valence-electron chi connectivity index (χ2n) is 12.2. The van der Waals surface area contributed by atoms with Gasteiger partial charge in [0.25, 0.3) is 0 Å². The predicted octanol–water partition coefficient (Wildman–Crippen LogP) is 6.69. The summed E-state index contributed by atoms with van der Waals surface area (Å²) >= 11 is 0. The summed E-state index contributed by atoms with van der Waals surface area (Å²) in [6.07, 6.45) is 13.1. The molecule has 2 amide bonds. The van der Waals surface area contributed by atoms with Crippen LogP contribution in [0.2, 0.25) is 0 Å². The van der Waals surface area contributed by atoms with E-state index in [0.717, 1.165) is 62.7 Å². The van der Waals surface area contributed by atoms with Crippen LogP contribution >= 0.6 is 0 Å². The highest BCUT2D eigenvalue weighted by atomic mass is 16.5. The number of ether oxygens (including phenoxy) is 1. The van der Waals surface area contributed by atoms with Gasteiger partial charge in [-0.25, -0.2) is 0 Å². The fourth-order valence-corrected chi connectivity index (χ4v) is 6.92. The van der Waals surface area contributed by atoms with Gasteiger partial charge in [-0.15, -0.1) is 0 Å². The number of piperidine rings is 1. The lowest BCUT2D eigenvalue weighted by Gasteiger charge is -2.51. The van der Waals surface area contributed by atoms with Crippen LogP contribution in [0.4, 0.5) is 0 Å². The number of likely N-dealkylation sites (tertiary alicyclic amines) is 1. The van der Waals surface area contributed by atoms with Crippen molar-refractivity contribution in [2.45, 2.75) is 102 Å². The van der Waals surface area contributed by atoms with Crippen molar-refractivity contribution in [3.63, 3.8) is 0 Å². The van der Waals surface area contributed by atoms with E-state index in [0.29, 0.717) is 19.4 Å². The Labute approximate surface area is 240 Å². The third kappa shape index (κ3) is 6.88. The molecule has 5 rings (SSSR count). The number of rotatable bonds is 11. The smallest absolute Gasteiger partial charge is 0.246 e. The molecule has 0 radical (unpaired) electrons. The van der Waals surface area contributed by atoms with Crippen molar-refractivity contribution in [2.75, 3.05) is 19.6 Å². The van der Waals surface area contributed by atoms with Crippen LogP contribution in [-0.4, -0.2) is 52.8 Å². The number of para-hydroxylation sites is 1. The molecule has 216 valence electrons. The molecule has 3 fully saturated rings. The molecule has 1 spiro atoms. The second kappa shape index (κ2) is 13.7. The van der Waals surface area contributed by atoms with Gasteiger partial charge in [0.15, 0.2) is 0 Å². The maximum atomic E-state index is 13.8. The van der Waals surface area contributed by atoms with Crippen molar-refractivity contribution in [1.82, 2.24) is 15.1 Å². The lowest BCUT2D eigenvalue weighted by molar-refractivity contribution is -0.161. The Morgan fingerprint density at radius 1 is 0.875 bits per heavy atom. The van der Waals surface area contributed by atoms with Gasteiger partial charge in [-0.1, -0.05) is 88.6 Å². The minimum absolute atomic E-state index is 0.0768. The van der Waals surface area contributed by atoms with Crippen molar-refractivity contribution in [3.05, 3.63) is 60.2 Å². The number of piperazine rings is 1. The van der Waals surface area contributed by atoms with Crippen LogP contribution in [0, 0.1) is 5.92 Å². The summed E-state index contributed by atoms with van der Waals surface area (Å²) in [7, 11) is 0. The van der Waals surface area contributed by atoms with Gasteiger partial charge >= 0.3 is 0 Å². The van der Waals surface area contributed by atoms with Crippen molar-refractivity contribution in [2.24, 2.45) is 5.92 Å². The monoisotopic (exact) mass is 545 g/mol. The SMILES string of the molecule is CCCCN1C(=O)C(CCCC2CCCCC2)NC(=O)C12CCN(Cc1ccc(Oc3ccccc3)cc1)CC2. The second-order valence-corrected chi connectivity index (χ2v) is 12.2. The zero-order valence-electron chi connectivity index (χ0n) is 24.3. The largest absolute Gasteiger partial charge is 0.457 e. The molecule has 1 atom stereocenters. The van der Waals surface area contributed by atoms with Crippen molar-refractivity contribution < 1.29 is 14.3 Å². The molecule has 0 aromatic heterocycles. The predicted molar refractivity (Wildman–Crippen MR) is 159 cm³/mol. The summed E-state index contributed by atoms with van der Waals surface area (Å²) in [5.41, 5.74) is 0.525. The maximum Gasteiger partial charge on any atom is 0.246 e. The molecule has 1 unspecified atom stereocenters. The molecular formula is C34H47N3O3. The number of carbonyl (C=O) groups is 2. The first-order chi connectivity index (χ1) is 19.6. The summed E-state index contributed by atoms with van der Waals surface area (Å²) < 4.78 is 5.93. The van der Waals surface area contributed by atoms with E-state index in [4.69, 9.17) is 4.74 Å². The van der Waals surface area contributed by atoms with Gasteiger partial charge < -0.3 is 15.0 Å². The Balaban J connectivity index is 1.16. The lowest BCUT2D eigenvalue weighted by atomic mass is 9.80. The van der Waals surface area contributed by atoms with E-state index in [-0.39, 0.29) is 17.9 Å². The average Bonchev–Trinajstić information content (AvgIpc) is 2.99. The Bertz CT molecular complexity index is 1090. The molecule has 1 saturated carbocycles. The molecule has 2 heterocycles. The van der Waals surface area contributed by atoms with E-state index in [1.165, 1.54) is 44.1 Å². The minimum Gasteiger partial charge on any atom is -0.457 e. The lowest BCUT2D eigenvalue weighted by Crippen LogP contribution is -2.72. The van der Waals surface area contributed by atoms with E-state index in [9.17, 15) is 9.59 Å². The Morgan fingerprint density at radius 2 is 1.57 bits per heavy atom. The molecule has 6 heteroatoms. The molecule has 6 nitrogen and oxygen atoms in total. The van der Waals surface area contributed by atoms with E-state index in [1.54, 1.807) is 0 Å². The van der Waals surface area contributed by atoms with E-state index in [1.807, 2.05) is 47.4 Å². The van der Waals surface area contributed by atoms with Gasteiger partial charge in [-0.2, -0.15) is 0 Å². The standard InChI is InChI=1S/C34H47N3O3/c1-2-3-23-37-32(38)31(16-10-13-27-11-6-4-7-12-27)35-33(39)34(37)21-24-36(25-22-34)26-28-17-19-30(20-18-28)40-29-14-8-5-9-15-29/h5,8-9,14-15,17-20,27,31H,2-4,6-7,10-13,16,21-26H2,1H3,(H,35,39). The fraction of sp³-hybridized carbons (Fsp3) is 0.588. The van der Waals surface area contributed by atoms with Gasteiger partial charge in [0.2, 0.25) is 11.8 Å². The average molecular weight is 546 g/mol. The van der Waals surface area contributed by atoms with Gasteiger partial charge in [0.05, 0.1) is 0 Å². The first kappa shape index (κ1) is 28.7. The number of unbranched alkanes of at least 4 members (excludes halogenated alkanes) is 1. The number of nitrogens with one attached hydrogen (secondary N) is 1. The number of hydrogen-bond acceptors (Lipinski definition) is 4. The van der Waals surface area contributed by atoms with E-state index < -0.39 is 5.54 Å². The Kier molecular flexibility index (Phi) is 9.79. The van der Waals surface area contributed by atoms with Gasteiger partial charge in [-0.05, 0) is 61.4 Å². The van der Waals surface area contributed by atoms with E-state index in [2.05, 4.69) is 29.3 Å². The molecule has 2 aromatic rings. The number of nitrogens with zero attached hydrogens (tertiary/aromatic N) is 2. The summed E-state index contributed by atoms with van der Waals surface area (Å²) in [4.78, 5) is 31.8. The molecule has 1 N–H and O–H groups in total. The van der Waals surface area contributed by atoms with Gasteiger partial charge in [0.1, 0.15) is 23.1 Å². The summed E-state index contributed by atoms with van der Waals surface area (Å²) in [6.45, 7) is 5.28. The van der Waals surface area contributed by atoms with Crippen LogP contribution in [0.1, 0.15) is 89.5 Å². The Hall–Kier alpha value is -2.86. The van der Waals surface area contributed by atoms with Gasteiger partial charge in [-0.3, -0.25) is 14.5 Å². The molecular weight excluding hydrogens is 498 g/mol. The molecule has 1 aliphatic carbocycles. The van der Waals surface area contributed by atoms with Crippen LogP contribution < -0.4 is 10.1 Å². The molecule has 2 saturated heterocycles. The molecule has 3 aliphatic rings. The zero-order valence-corrected chi connectivity index (χ0v) is 24.3. The van der Waals surface area contributed by atoms with Crippen LogP contribution in [0.3, 0.4) is 0 Å². The normalized spacial score (nSPS) is 21.9. The zero-order chi connectivity index (χ0) is 27.8. The summed E-state index contributed by atoms with van der Waals surface area (Å²) in [5.74, 6) is 2.69. The minimum atomic E-state index is -0.698. The summed E-state index contributed by atoms with van der Waals surface area (Å²) in [6, 6.07) is 17.7. The third-order valence-corrected chi connectivity index (χ3v) is 9.37. The van der Waals surface area contributed by atoms with Crippen molar-refractivity contribution >= 4 is 11.8 Å². The van der Waals surface area contributed by atoms with E-state index >= 15 is 0 Å². The Morgan fingerprint density at radius 3 is 2.27 bits per heavy atom. The van der Waals surface area contributed by atoms with Crippen molar-refractivity contribution in [1.29, 1.82) is 0 Å². The molecule has 2 aromatic carbocycles. The molecule has 40 heavy (non-hydrogen) atoms. The van der Waals surface area contributed by atoms with Crippen LogP contribution in [0.25, 0.3) is 0 Å². The number of benzene rings is 2. The molecule has 2 aliphatic heterocycles. The highest BCUT2D eigenvalue weighted by Gasteiger charge is 2.53. The van der Waals surface area contributed by atoms with Crippen molar-refractivity contribution in [3.8, 4) is 11.5 Å². The summed E-state index contributed by atoms with van der Waals surface area (Å²) in [5, 5.41) is 3.20. The van der Waals surface area contributed by atoms with Gasteiger partial charge in [0, 0.05) is 26.2 Å². The highest BCUT2D eigenvalue weighted by Crippen LogP contribution is 2.35. The number of amides is 2. The first-order valence-electron chi connectivity index (χ1n) is 15.7. The van der Waals surface area contributed by atoms with Crippen LogP contribution in [0.15, 0.2) is 54.6 Å². The highest BCUT2D eigenvalue weighted by molar-refractivity contribution is 6.00. The first-order valence-corrected chi connectivity index (χ1v) is 15.7. The number of hydrogen-bond donors (Lipinski definition) is 1. The topological polar surface area (TPSA) is 61.9 Å². The quantitative estimate of drug-likeness (QED) is 0.342. The van der Waals surface area contributed by atoms with Crippen LogP contribution in [0.5, 0.6) is 11.5 Å². The maximum absolute atomic E-state index is 13.8. The molecule has 0 bridgehead atoms. The van der Waals surface area contributed by atoms with Crippen LogP contribution in [-0.2, 0) is 16.1 Å². The third-order valence-electron chi connectivity index (χ3n) is 9.37. The number of carbonyl (C=O) groups excluding carboxylic acids is 2. The fourth-order valence-electron chi connectivity index (χ4n) is 6.92.